The van der Waals surface area contributed by atoms with Crippen molar-refractivity contribution in [3.8, 4) is 0 Å². The van der Waals surface area contributed by atoms with Gasteiger partial charge in [0.1, 0.15) is 0 Å². The molecule has 0 radical (unpaired) electrons. The molecule has 0 bridgehead atoms. The van der Waals surface area contributed by atoms with E-state index in [4.69, 9.17) is 0 Å². The van der Waals surface area contributed by atoms with Crippen LogP contribution in [0, 0.1) is 0 Å². The van der Waals surface area contributed by atoms with E-state index in [0.29, 0.717) is 24.2 Å². The van der Waals surface area contributed by atoms with Gasteiger partial charge in [-0.25, -0.2) is 16.8 Å². The lowest BCUT2D eigenvalue weighted by atomic mass is 10.0. The third-order valence-electron chi connectivity index (χ3n) is 7.35. The summed E-state index contributed by atoms with van der Waals surface area (Å²) in [4.78, 5) is 32.6. The molecule has 2 saturated heterocycles. The average Bonchev–Trinajstić information content (AvgIpc) is 3.40. The molecular formula is C28H37N3O6S2. The Kier molecular flexibility index (Phi) is 8.53. The lowest BCUT2D eigenvalue weighted by Gasteiger charge is -2.39. The van der Waals surface area contributed by atoms with Crippen LogP contribution in [0.5, 0.6) is 0 Å². The second-order valence-electron chi connectivity index (χ2n) is 11.3. The molecule has 0 unspecified atom stereocenters. The van der Waals surface area contributed by atoms with E-state index in [1.54, 1.807) is 63.2 Å². The minimum Gasteiger partial charge on any atom is -0.307 e. The molecule has 0 aromatic heterocycles. The van der Waals surface area contributed by atoms with Crippen molar-refractivity contribution in [3.05, 3.63) is 60.7 Å². The summed E-state index contributed by atoms with van der Waals surface area (Å²) >= 11 is 0. The first kappa shape index (κ1) is 29.2. The van der Waals surface area contributed by atoms with Crippen LogP contribution in [-0.2, 0) is 29.3 Å². The maximum absolute atomic E-state index is 13.8. The third kappa shape index (κ3) is 7.26. The molecule has 0 spiro atoms. The number of anilines is 2. The molecule has 11 heteroatoms. The van der Waals surface area contributed by atoms with Crippen LogP contribution >= 0.6 is 0 Å². The zero-order valence-corrected chi connectivity index (χ0v) is 24.3. The van der Waals surface area contributed by atoms with Crippen LogP contribution in [0.3, 0.4) is 0 Å². The molecule has 2 atom stereocenters. The van der Waals surface area contributed by atoms with Gasteiger partial charge < -0.3 is 9.80 Å². The van der Waals surface area contributed by atoms with Crippen molar-refractivity contribution in [1.82, 2.24) is 4.90 Å². The van der Waals surface area contributed by atoms with Crippen molar-refractivity contribution in [2.24, 2.45) is 0 Å². The van der Waals surface area contributed by atoms with Crippen LogP contribution in [0.1, 0.15) is 33.6 Å². The number of rotatable bonds is 8. The fourth-order valence-electron chi connectivity index (χ4n) is 5.26. The highest BCUT2D eigenvalue weighted by atomic mass is 32.2. The van der Waals surface area contributed by atoms with Gasteiger partial charge in [-0.15, -0.1) is 0 Å². The molecule has 2 aliphatic heterocycles. The molecule has 4 rings (SSSR count). The Labute approximate surface area is 231 Å². The Morgan fingerprint density at radius 2 is 1.05 bits per heavy atom. The summed E-state index contributed by atoms with van der Waals surface area (Å²) in [7, 11) is -6.47. The van der Waals surface area contributed by atoms with E-state index in [2.05, 4.69) is 0 Å². The van der Waals surface area contributed by atoms with E-state index in [0.717, 1.165) is 0 Å². The summed E-state index contributed by atoms with van der Waals surface area (Å²) in [5.74, 6) is -0.709. The highest BCUT2D eigenvalue weighted by Crippen LogP contribution is 2.28. The van der Waals surface area contributed by atoms with Gasteiger partial charge in [0.05, 0.1) is 48.2 Å². The fraction of sp³-hybridized carbons (Fsp3) is 0.500. The Morgan fingerprint density at radius 1 is 0.692 bits per heavy atom. The van der Waals surface area contributed by atoms with E-state index in [1.807, 2.05) is 32.9 Å². The van der Waals surface area contributed by atoms with Gasteiger partial charge in [-0.1, -0.05) is 36.4 Å². The van der Waals surface area contributed by atoms with Crippen molar-refractivity contribution in [2.45, 2.75) is 51.2 Å². The summed E-state index contributed by atoms with van der Waals surface area (Å²) < 4.78 is 49.1. The van der Waals surface area contributed by atoms with Crippen LogP contribution in [0.15, 0.2) is 60.7 Å². The summed E-state index contributed by atoms with van der Waals surface area (Å²) in [5.41, 5.74) is 0.651. The van der Waals surface area contributed by atoms with Gasteiger partial charge in [0.25, 0.3) is 0 Å². The molecule has 0 saturated carbocycles. The van der Waals surface area contributed by atoms with Crippen LogP contribution in [0.25, 0.3) is 0 Å². The fourth-order valence-corrected chi connectivity index (χ4v) is 8.66. The molecular weight excluding hydrogens is 538 g/mol. The molecule has 0 aliphatic carbocycles. The molecule has 2 aliphatic rings. The lowest BCUT2D eigenvalue weighted by Crippen LogP contribution is -2.55. The Balaban J connectivity index is 1.60. The summed E-state index contributed by atoms with van der Waals surface area (Å²) in [5, 5.41) is 0. The van der Waals surface area contributed by atoms with Gasteiger partial charge in [0.2, 0.25) is 11.8 Å². The van der Waals surface area contributed by atoms with Gasteiger partial charge in [-0.2, -0.15) is 0 Å². The number of carbonyl (C=O) groups excluding carboxylic acids is 2. The monoisotopic (exact) mass is 575 g/mol. The van der Waals surface area contributed by atoms with Crippen LogP contribution in [0.4, 0.5) is 11.4 Å². The highest BCUT2D eigenvalue weighted by molar-refractivity contribution is 7.92. The molecule has 9 nitrogen and oxygen atoms in total. The molecule has 2 heterocycles. The Hall–Kier alpha value is -2.76. The van der Waals surface area contributed by atoms with Crippen molar-refractivity contribution < 1.29 is 26.4 Å². The number of benzene rings is 2. The first-order valence-corrected chi connectivity index (χ1v) is 16.8. The van der Waals surface area contributed by atoms with Crippen LogP contribution < -0.4 is 9.80 Å². The highest BCUT2D eigenvalue weighted by Gasteiger charge is 2.39. The number of hydrogen-bond donors (Lipinski definition) is 0. The lowest BCUT2D eigenvalue weighted by molar-refractivity contribution is -0.125. The van der Waals surface area contributed by atoms with E-state index in [-0.39, 0.29) is 47.9 Å². The minimum absolute atomic E-state index is 0.0338. The van der Waals surface area contributed by atoms with Gasteiger partial charge in [-0.3, -0.25) is 14.5 Å². The van der Waals surface area contributed by atoms with E-state index < -0.39 is 37.3 Å². The smallest absolute Gasteiger partial charge is 0.241 e. The van der Waals surface area contributed by atoms with E-state index >= 15 is 0 Å². The molecule has 39 heavy (non-hydrogen) atoms. The minimum atomic E-state index is -3.24. The maximum atomic E-state index is 13.8. The molecule has 2 aromatic rings. The van der Waals surface area contributed by atoms with E-state index in [1.165, 1.54) is 0 Å². The first-order valence-electron chi connectivity index (χ1n) is 13.2. The Bertz CT molecular complexity index is 1290. The number of sulfone groups is 2. The summed E-state index contributed by atoms with van der Waals surface area (Å²) in [6, 6.07) is 17.1. The predicted octanol–water partition coefficient (Wildman–Crippen LogP) is 2.53. The van der Waals surface area contributed by atoms with Crippen LogP contribution in [0.2, 0.25) is 0 Å². The number of para-hydroxylation sites is 2. The number of amides is 2. The standard InChI is InChI=1S/C28H37N3O6S2/c1-28(2,3)29(18-26(32)30(22-10-6-4-7-11-22)24-14-16-38(34,35)20-24)19-27(33)31(23-12-8-5-9-13-23)25-15-17-39(36,37)21-25/h4-13,24-25H,14-21H2,1-3H3/t24-,25-/m0/s1. The third-order valence-corrected chi connectivity index (χ3v) is 10.9. The summed E-state index contributed by atoms with van der Waals surface area (Å²) in [6.07, 6.45) is 0.713. The molecule has 0 N–H and O–H groups in total. The van der Waals surface area contributed by atoms with Gasteiger partial charge >= 0.3 is 0 Å². The predicted molar refractivity (Wildman–Crippen MR) is 153 cm³/mol. The van der Waals surface area contributed by atoms with E-state index in [9.17, 15) is 26.4 Å². The largest absolute Gasteiger partial charge is 0.307 e. The zero-order chi connectivity index (χ0) is 28.4. The molecule has 212 valence electrons. The summed E-state index contributed by atoms with van der Waals surface area (Å²) in [6.45, 7) is 5.52. The molecule has 2 aromatic carbocycles. The number of nitrogens with zero attached hydrogens (tertiary/aromatic N) is 3. The van der Waals surface area contributed by atoms with Crippen molar-refractivity contribution >= 4 is 42.9 Å². The number of hydrogen-bond acceptors (Lipinski definition) is 7. The average molecular weight is 576 g/mol. The second kappa shape index (κ2) is 11.4. The van der Waals surface area contributed by atoms with Gasteiger partial charge in [-0.05, 0) is 57.9 Å². The zero-order valence-electron chi connectivity index (χ0n) is 22.7. The molecule has 2 amide bonds. The Morgan fingerprint density at radius 3 is 1.33 bits per heavy atom. The molecule has 2 fully saturated rings. The van der Waals surface area contributed by atoms with Crippen molar-refractivity contribution in [1.29, 1.82) is 0 Å². The normalized spacial score (nSPS) is 22.1. The van der Waals surface area contributed by atoms with Crippen molar-refractivity contribution in [3.63, 3.8) is 0 Å². The maximum Gasteiger partial charge on any atom is 0.241 e. The SMILES string of the molecule is CC(C)(C)N(CC(=O)N(c1ccccc1)[C@H]1CCS(=O)(=O)C1)CC(=O)N(c1ccccc1)[C@H]1CCS(=O)(=O)C1. The van der Waals surface area contributed by atoms with Gasteiger partial charge in [0.15, 0.2) is 19.7 Å². The quantitative estimate of drug-likeness (QED) is 0.476. The second-order valence-corrected chi connectivity index (χ2v) is 15.8. The van der Waals surface area contributed by atoms with Crippen LogP contribution in [-0.4, -0.2) is 87.3 Å². The first-order chi connectivity index (χ1) is 18.3. The number of carbonyl (C=O) groups is 2. The van der Waals surface area contributed by atoms with Gasteiger partial charge in [0, 0.05) is 16.9 Å². The van der Waals surface area contributed by atoms with Crippen molar-refractivity contribution in [2.75, 3.05) is 45.9 Å². The topological polar surface area (TPSA) is 112 Å².